The van der Waals surface area contributed by atoms with Crippen molar-refractivity contribution in [3.05, 3.63) is 35.9 Å². The number of hydrogen-bond donors (Lipinski definition) is 0. The molecule has 0 saturated heterocycles. The second-order valence-corrected chi connectivity index (χ2v) is 4.10. The van der Waals surface area contributed by atoms with Crippen LogP contribution in [-0.2, 0) is 0 Å². The molecule has 0 aliphatic carbocycles. The quantitative estimate of drug-likeness (QED) is 0.615. The molecule has 0 aromatic heterocycles. The van der Waals surface area contributed by atoms with Crippen LogP contribution in [0, 0.1) is 0 Å². The van der Waals surface area contributed by atoms with Crippen LogP contribution in [0.15, 0.2) is 30.3 Å². The molecule has 0 atom stereocenters. The second-order valence-electron chi connectivity index (χ2n) is 3.69. The van der Waals surface area contributed by atoms with Gasteiger partial charge in [0.2, 0.25) is 0 Å². The molecule has 0 radical (unpaired) electrons. The summed E-state index contributed by atoms with van der Waals surface area (Å²) in [4.78, 5) is 0. The third-order valence-corrected chi connectivity index (χ3v) is 2.30. The largest absolute Gasteiger partial charge is 0.483 e. The van der Waals surface area contributed by atoms with Crippen LogP contribution in [0.3, 0.4) is 0 Å². The number of ether oxygens (including phenoxy) is 1. The summed E-state index contributed by atoms with van der Waals surface area (Å²) in [6.07, 6.45) is 1.93. The van der Waals surface area contributed by atoms with Gasteiger partial charge in [0.1, 0.15) is 11.4 Å². The molecule has 0 fully saturated rings. The van der Waals surface area contributed by atoms with Gasteiger partial charge in [-0.05, 0) is 32.1 Å². The van der Waals surface area contributed by atoms with Crippen LogP contribution >= 0.6 is 11.6 Å². The number of benzene rings is 1. The van der Waals surface area contributed by atoms with Crippen molar-refractivity contribution < 1.29 is 4.74 Å². The van der Waals surface area contributed by atoms with Crippen LogP contribution in [0.25, 0.3) is 5.03 Å². The zero-order valence-electron chi connectivity index (χ0n) is 7.67. The third-order valence-electron chi connectivity index (χ3n) is 1.99. The maximum Gasteiger partial charge on any atom is 0.129 e. The van der Waals surface area contributed by atoms with E-state index >= 15 is 0 Å². The van der Waals surface area contributed by atoms with Gasteiger partial charge in [-0.15, -0.1) is 0 Å². The lowest BCUT2D eigenvalue weighted by atomic mass is 10.0. The van der Waals surface area contributed by atoms with Gasteiger partial charge in [0, 0.05) is 5.56 Å². The second kappa shape index (κ2) is 2.78. The van der Waals surface area contributed by atoms with Crippen molar-refractivity contribution in [1.29, 1.82) is 0 Å². The lowest BCUT2D eigenvalue weighted by molar-refractivity contribution is 0.158. The molecule has 1 aliphatic rings. The fourth-order valence-electron chi connectivity index (χ4n) is 1.45. The Hall–Kier alpha value is -0.950. The lowest BCUT2D eigenvalue weighted by Crippen LogP contribution is -2.28. The maximum atomic E-state index is 6.11. The van der Waals surface area contributed by atoms with Crippen LogP contribution in [0.5, 0.6) is 5.75 Å². The topological polar surface area (TPSA) is 9.23 Å². The van der Waals surface area contributed by atoms with Gasteiger partial charge in [-0.3, -0.25) is 0 Å². The predicted molar refractivity (Wildman–Crippen MR) is 55.0 cm³/mol. The minimum absolute atomic E-state index is 0.300. The van der Waals surface area contributed by atoms with Gasteiger partial charge in [0.05, 0.1) is 5.03 Å². The minimum Gasteiger partial charge on any atom is -0.483 e. The average molecular weight is 195 g/mol. The number of halogens is 1. The molecule has 0 N–H and O–H groups in total. The highest BCUT2D eigenvalue weighted by atomic mass is 35.5. The van der Waals surface area contributed by atoms with E-state index in [1.54, 1.807) is 0 Å². The zero-order chi connectivity index (χ0) is 9.47. The van der Waals surface area contributed by atoms with E-state index in [0.29, 0.717) is 0 Å². The number of rotatable bonds is 0. The molecule has 13 heavy (non-hydrogen) atoms. The Kier molecular flexibility index (Phi) is 1.85. The van der Waals surface area contributed by atoms with Crippen molar-refractivity contribution in [2.45, 2.75) is 19.4 Å². The molecule has 1 nitrogen and oxygen atoms in total. The first-order valence-corrected chi connectivity index (χ1v) is 4.63. The van der Waals surface area contributed by atoms with Gasteiger partial charge in [0.15, 0.2) is 0 Å². The highest BCUT2D eigenvalue weighted by Crippen LogP contribution is 2.37. The standard InChI is InChI=1S/C11H11ClO/c1-11(2)7-9(12)8-5-3-4-6-10(8)13-11/h3-7H,1-2H3. The molecule has 0 spiro atoms. The predicted octanol–water partition coefficient (Wildman–Crippen LogP) is 3.44. The highest BCUT2D eigenvalue weighted by molar-refractivity contribution is 6.49. The average Bonchev–Trinajstić information content (AvgIpc) is 2.02. The van der Waals surface area contributed by atoms with Crippen molar-refractivity contribution in [3.63, 3.8) is 0 Å². The van der Waals surface area contributed by atoms with Gasteiger partial charge in [-0.25, -0.2) is 0 Å². The Bertz CT molecular complexity index is 366. The van der Waals surface area contributed by atoms with Crippen LogP contribution in [0.4, 0.5) is 0 Å². The summed E-state index contributed by atoms with van der Waals surface area (Å²) in [6.45, 7) is 3.98. The van der Waals surface area contributed by atoms with Crippen molar-refractivity contribution in [3.8, 4) is 5.75 Å². The van der Waals surface area contributed by atoms with Crippen LogP contribution in [-0.4, -0.2) is 5.60 Å². The van der Waals surface area contributed by atoms with Crippen molar-refractivity contribution >= 4 is 16.6 Å². The fourth-order valence-corrected chi connectivity index (χ4v) is 1.87. The van der Waals surface area contributed by atoms with Gasteiger partial charge in [-0.2, -0.15) is 0 Å². The van der Waals surface area contributed by atoms with E-state index in [1.807, 2.05) is 44.2 Å². The Morgan fingerprint density at radius 3 is 2.69 bits per heavy atom. The van der Waals surface area contributed by atoms with Gasteiger partial charge in [0.25, 0.3) is 0 Å². The van der Waals surface area contributed by atoms with Crippen LogP contribution in [0.1, 0.15) is 19.4 Å². The Morgan fingerprint density at radius 1 is 1.23 bits per heavy atom. The molecule has 2 rings (SSSR count). The molecule has 2 heteroatoms. The van der Waals surface area contributed by atoms with Gasteiger partial charge >= 0.3 is 0 Å². The third kappa shape index (κ3) is 1.56. The summed E-state index contributed by atoms with van der Waals surface area (Å²) >= 11 is 6.11. The van der Waals surface area contributed by atoms with Crippen LogP contribution < -0.4 is 4.74 Å². The molecule has 0 bridgehead atoms. The van der Waals surface area contributed by atoms with E-state index in [0.717, 1.165) is 16.3 Å². The molecule has 1 aliphatic heterocycles. The summed E-state index contributed by atoms with van der Waals surface area (Å²) in [5.74, 6) is 0.861. The number of fused-ring (bicyclic) bond motifs is 1. The highest BCUT2D eigenvalue weighted by Gasteiger charge is 2.24. The summed E-state index contributed by atoms with van der Waals surface area (Å²) in [7, 11) is 0. The summed E-state index contributed by atoms with van der Waals surface area (Å²) < 4.78 is 5.73. The first-order chi connectivity index (χ1) is 6.08. The SMILES string of the molecule is CC1(C)C=C(Cl)c2ccccc2O1. The monoisotopic (exact) mass is 194 g/mol. The van der Waals surface area contributed by atoms with E-state index in [-0.39, 0.29) is 5.60 Å². The van der Waals surface area contributed by atoms with E-state index in [2.05, 4.69) is 0 Å². The minimum atomic E-state index is -0.300. The summed E-state index contributed by atoms with van der Waals surface area (Å²) in [5, 5.41) is 0.770. The Balaban J connectivity index is 2.55. The van der Waals surface area contributed by atoms with Gasteiger partial charge < -0.3 is 4.74 Å². The maximum absolute atomic E-state index is 6.11. The van der Waals surface area contributed by atoms with E-state index in [4.69, 9.17) is 16.3 Å². The zero-order valence-corrected chi connectivity index (χ0v) is 8.43. The number of para-hydroxylation sites is 1. The van der Waals surface area contributed by atoms with Gasteiger partial charge in [-0.1, -0.05) is 23.7 Å². The molecule has 0 unspecified atom stereocenters. The van der Waals surface area contributed by atoms with Crippen molar-refractivity contribution in [1.82, 2.24) is 0 Å². The lowest BCUT2D eigenvalue weighted by Gasteiger charge is -2.29. The first kappa shape index (κ1) is 8.64. The first-order valence-electron chi connectivity index (χ1n) is 4.25. The van der Waals surface area contributed by atoms with E-state index < -0.39 is 0 Å². The molecule has 1 heterocycles. The van der Waals surface area contributed by atoms with Crippen LogP contribution in [0.2, 0.25) is 0 Å². The van der Waals surface area contributed by atoms with E-state index in [1.165, 1.54) is 0 Å². The summed E-state index contributed by atoms with van der Waals surface area (Å²) in [5.41, 5.74) is 0.675. The Labute approximate surface area is 83.0 Å². The molecular formula is C11H11ClO. The molecule has 0 saturated carbocycles. The Morgan fingerprint density at radius 2 is 1.92 bits per heavy atom. The molecule has 68 valence electrons. The van der Waals surface area contributed by atoms with Crippen molar-refractivity contribution in [2.75, 3.05) is 0 Å². The molecule has 1 aromatic carbocycles. The van der Waals surface area contributed by atoms with Crippen molar-refractivity contribution in [2.24, 2.45) is 0 Å². The smallest absolute Gasteiger partial charge is 0.129 e. The van der Waals surface area contributed by atoms with E-state index in [9.17, 15) is 0 Å². The fraction of sp³-hybridized carbons (Fsp3) is 0.273. The molecular weight excluding hydrogens is 184 g/mol. The summed E-state index contributed by atoms with van der Waals surface area (Å²) in [6, 6.07) is 7.80. The molecule has 0 amide bonds. The number of hydrogen-bond acceptors (Lipinski definition) is 1. The normalized spacial score (nSPS) is 18.5. The molecule has 1 aromatic rings.